The van der Waals surface area contributed by atoms with Gasteiger partial charge >= 0.3 is 5.97 Å². The zero-order chi connectivity index (χ0) is 12.2. The largest absolute Gasteiger partial charge is 0.467 e. The third-order valence-electron chi connectivity index (χ3n) is 2.35. The Bertz CT molecular complexity index is 335. The van der Waals surface area contributed by atoms with E-state index in [1.807, 2.05) is 24.4 Å². The van der Waals surface area contributed by atoms with Crippen LogP contribution in [0.2, 0.25) is 0 Å². The normalized spacial score (nSPS) is 16.5. The Balaban J connectivity index is 2.48. The quantitative estimate of drug-likeness (QED) is 0.766. The van der Waals surface area contributed by atoms with E-state index in [1.54, 1.807) is 11.3 Å². The van der Waals surface area contributed by atoms with Gasteiger partial charge < -0.3 is 15.2 Å². The van der Waals surface area contributed by atoms with E-state index in [-0.39, 0.29) is 12.6 Å². The monoisotopic (exact) mass is 243 g/mol. The minimum atomic E-state index is -1.49. The Morgan fingerprint density at radius 2 is 2.44 bits per heavy atom. The van der Waals surface area contributed by atoms with E-state index in [1.165, 1.54) is 18.9 Å². The number of esters is 1. The molecule has 0 aliphatic rings. The molecule has 0 spiro atoms. The molecular formula is C11H17NO3S. The van der Waals surface area contributed by atoms with E-state index >= 15 is 0 Å². The zero-order valence-corrected chi connectivity index (χ0v) is 10.5. The van der Waals surface area contributed by atoms with Gasteiger partial charge in [-0.05, 0) is 25.3 Å². The van der Waals surface area contributed by atoms with Crippen LogP contribution in [-0.2, 0) is 9.53 Å². The van der Waals surface area contributed by atoms with Gasteiger partial charge in [-0.25, -0.2) is 4.79 Å². The first-order chi connectivity index (χ1) is 7.47. The molecular weight excluding hydrogens is 226 g/mol. The lowest BCUT2D eigenvalue weighted by Gasteiger charge is -2.22. The van der Waals surface area contributed by atoms with Crippen LogP contribution in [0.5, 0.6) is 0 Å². The SMILES string of the molecule is COC(=O)C(C)(O)CNC(C)c1cccs1. The first-order valence-electron chi connectivity index (χ1n) is 5.05. The topological polar surface area (TPSA) is 58.6 Å². The third-order valence-corrected chi connectivity index (χ3v) is 3.40. The molecule has 4 nitrogen and oxygen atoms in total. The van der Waals surface area contributed by atoms with Gasteiger partial charge in [0.1, 0.15) is 0 Å². The van der Waals surface area contributed by atoms with Crippen molar-refractivity contribution in [3.05, 3.63) is 22.4 Å². The summed E-state index contributed by atoms with van der Waals surface area (Å²) in [6.45, 7) is 3.59. The highest BCUT2D eigenvalue weighted by atomic mass is 32.1. The van der Waals surface area contributed by atoms with Gasteiger partial charge in [0.05, 0.1) is 7.11 Å². The molecule has 1 rings (SSSR count). The van der Waals surface area contributed by atoms with Crippen LogP contribution >= 0.6 is 11.3 Å². The predicted octanol–water partition coefficient (Wildman–Crippen LogP) is 1.32. The Hall–Kier alpha value is -0.910. The van der Waals surface area contributed by atoms with E-state index in [2.05, 4.69) is 10.1 Å². The third kappa shape index (κ3) is 3.30. The smallest absolute Gasteiger partial charge is 0.338 e. The summed E-state index contributed by atoms with van der Waals surface area (Å²) in [7, 11) is 1.26. The number of hydrogen-bond acceptors (Lipinski definition) is 5. The van der Waals surface area contributed by atoms with E-state index in [4.69, 9.17) is 0 Å². The zero-order valence-electron chi connectivity index (χ0n) is 9.69. The summed E-state index contributed by atoms with van der Waals surface area (Å²) in [4.78, 5) is 12.4. The summed E-state index contributed by atoms with van der Waals surface area (Å²) < 4.78 is 4.51. The molecule has 2 N–H and O–H groups in total. The van der Waals surface area contributed by atoms with Gasteiger partial charge in [0.15, 0.2) is 5.60 Å². The lowest BCUT2D eigenvalue weighted by atomic mass is 10.1. The van der Waals surface area contributed by atoms with Crippen molar-refractivity contribution >= 4 is 17.3 Å². The van der Waals surface area contributed by atoms with Crippen LogP contribution in [0.15, 0.2) is 17.5 Å². The van der Waals surface area contributed by atoms with Crippen LogP contribution in [0.4, 0.5) is 0 Å². The van der Waals surface area contributed by atoms with Gasteiger partial charge in [-0.15, -0.1) is 11.3 Å². The molecule has 0 saturated heterocycles. The average molecular weight is 243 g/mol. The number of ether oxygens (including phenoxy) is 1. The minimum Gasteiger partial charge on any atom is -0.467 e. The molecule has 5 heteroatoms. The van der Waals surface area contributed by atoms with Crippen molar-refractivity contribution in [2.45, 2.75) is 25.5 Å². The van der Waals surface area contributed by atoms with Crippen molar-refractivity contribution in [1.82, 2.24) is 5.32 Å². The number of rotatable bonds is 5. The molecule has 1 heterocycles. The predicted molar refractivity (Wildman–Crippen MR) is 63.4 cm³/mol. The summed E-state index contributed by atoms with van der Waals surface area (Å²) in [6.07, 6.45) is 0. The van der Waals surface area contributed by atoms with Crippen LogP contribution in [0.25, 0.3) is 0 Å². The fraction of sp³-hybridized carbons (Fsp3) is 0.545. The Kier molecular flexibility index (Phi) is 4.46. The molecule has 0 saturated carbocycles. The number of carbonyl (C=O) groups excluding carboxylic acids is 1. The molecule has 1 aromatic rings. The summed E-state index contributed by atoms with van der Waals surface area (Å²) in [5, 5.41) is 14.9. The van der Waals surface area contributed by atoms with Crippen molar-refractivity contribution in [2.24, 2.45) is 0 Å². The Morgan fingerprint density at radius 3 is 2.94 bits per heavy atom. The highest BCUT2D eigenvalue weighted by Gasteiger charge is 2.31. The van der Waals surface area contributed by atoms with Crippen LogP contribution in [-0.4, -0.2) is 30.3 Å². The van der Waals surface area contributed by atoms with Crippen LogP contribution in [0.3, 0.4) is 0 Å². The second kappa shape index (κ2) is 5.43. The molecule has 0 aliphatic carbocycles. The molecule has 2 atom stereocenters. The maximum Gasteiger partial charge on any atom is 0.338 e. The fourth-order valence-corrected chi connectivity index (χ4v) is 2.04. The fourth-order valence-electron chi connectivity index (χ4n) is 1.28. The van der Waals surface area contributed by atoms with E-state index in [9.17, 15) is 9.90 Å². The van der Waals surface area contributed by atoms with Gasteiger partial charge in [0.2, 0.25) is 0 Å². The first-order valence-corrected chi connectivity index (χ1v) is 5.93. The minimum absolute atomic E-state index is 0.108. The maximum absolute atomic E-state index is 11.2. The van der Waals surface area contributed by atoms with Crippen molar-refractivity contribution in [3.8, 4) is 0 Å². The highest BCUT2D eigenvalue weighted by Crippen LogP contribution is 2.18. The van der Waals surface area contributed by atoms with Crippen LogP contribution in [0.1, 0.15) is 24.8 Å². The van der Waals surface area contributed by atoms with Crippen molar-refractivity contribution in [3.63, 3.8) is 0 Å². The lowest BCUT2D eigenvalue weighted by molar-refractivity contribution is -0.160. The maximum atomic E-state index is 11.2. The first kappa shape index (κ1) is 13.2. The van der Waals surface area contributed by atoms with E-state index in [0.29, 0.717) is 0 Å². The van der Waals surface area contributed by atoms with Gasteiger partial charge in [-0.3, -0.25) is 0 Å². The second-order valence-corrected chi connectivity index (χ2v) is 4.86. The average Bonchev–Trinajstić information content (AvgIpc) is 2.78. The van der Waals surface area contributed by atoms with Gasteiger partial charge in [0, 0.05) is 17.5 Å². The number of nitrogens with one attached hydrogen (secondary N) is 1. The Morgan fingerprint density at radius 1 is 1.75 bits per heavy atom. The van der Waals surface area contributed by atoms with Crippen molar-refractivity contribution in [2.75, 3.05) is 13.7 Å². The highest BCUT2D eigenvalue weighted by molar-refractivity contribution is 7.10. The number of thiophene rings is 1. The summed E-state index contributed by atoms with van der Waals surface area (Å²) in [5.74, 6) is -0.627. The molecule has 16 heavy (non-hydrogen) atoms. The molecule has 0 bridgehead atoms. The molecule has 0 aromatic carbocycles. The Labute approximate surface area is 99.2 Å². The summed E-state index contributed by atoms with van der Waals surface area (Å²) >= 11 is 1.64. The number of carbonyl (C=O) groups is 1. The molecule has 1 aromatic heterocycles. The second-order valence-electron chi connectivity index (χ2n) is 3.88. The van der Waals surface area contributed by atoms with Crippen LogP contribution < -0.4 is 5.32 Å². The lowest BCUT2D eigenvalue weighted by Crippen LogP contribution is -2.46. The summed E-state index contributed by atoms with van der Waals surface area (Å²) in [5.41, 5.74) is -1.49. The van der Waals surface area contributed by atoms with E-state index in [0.717, 1.165) is 0 Å². The van der Waals surface area contributed by atoms with Gasteiger partial charge in [-0.2, -0.15) is 0 Å². The number of hydrogen-bond donors (Lipinski definition) is 2. The molecule has 2 unspecified atom stereocenters. The van der Waals surface area contributed by atoms with Crippen molar-refractivity contribution < 1.29 is 14.6 Å². The number of aliphatic hydroxyl groups is 1. The van der Waals surface area contributed by atoms with Gasteiger partial charge in [0.25, 0.3) is 0 Å². The standard InChI is InChI=1S/C11H17NO3S/c1-8(9-5-4-6-16-9)12-7-11(2,14)10(13)15-3/h4-6,8,12,14H,7H2,1-3H3. The summed E-state index contributed by atoms with van der Waals surface area (Å²) in [6, 6.07) is 4.09. The molecule has 90 valence electrons. The van der Waals surface area contributed by atoms with Crippen molar-refractivity contribution in [1.29, 1.82) is 0 Å². The van der Waals surface area contributed by atoms with Crippen LogP contribution in [0, 0.1) is 0 Å². The number of methoxy groups -OCH3 is 1. The van der Waals surface area contributed by atoms with Gasteiger partial charge in [-0.1, -0.05) is 6.07 Å². The van der Waals surface area contributed by atoms with E-state index < -0.39 is 11.6 Å². The molecule has 0 amide bonds. The molecule has 0 radical (unpaired) electrons. The molecule has 0 fully saturated rings. The molecule has 0 aliphatic heterocycles.